The highest BCUT2D eigenvalue weighted by Gasteiger charge is 2.23. The number of halogens is 2. The van der Waals surface area contributed by atoms with Crippen molar-refractivity contribution in [3.8, 4) is 5.75 Å². The van der Waals surface area contributed by atoms with Crippen LogP contribution in [-0.4, -0.2) is 18.6 Å². The van der Waals surface area contributed by atoms with Crippen molar-refractivity contribution in [3.05, 3.63) is 60.5 Å². The van der Waals surface area contributed by atoms with Crippen LogP contribution in [0.15, 0.2) is 59.6 Å². The van der Waals surface area contributed by atoms with E-state index >= 15 is 0 Å². The molecular formula is C16H16ClFN2O3S. The third kappa shape index (κ3) is 3.10. The van der Waals surface area contributed by atoms with Crippen molar-refractivity contribution in [1.82, 2.24) is 3.97 Å². The van der Waals surface area contributed by atoms with Crippen LogP contribution in [0, 0.1) is 5.82 Å². The number of rotatable bonds is 4. The second kappa shape index (κ2) is 6.80. The molecule has 2 aromatic carbocycles. The molecule has 0 spiro atoms. The van der Waals surface area contributed by atoms with Crippen molar-refractivity contribution in [1.29, 1.82) is 0 Å². The van der Waals surface area contributed by atoms with Gasteiger partial charge in [-0.2, -0.15) is 0 Å². The van der Waals surface area contributed by atoms with Crippen molar-refractivity contribution in [2.75, 3.05) is 0 Å². The van der Waals surface area contributed by atoms with E-state index < -0.39 is 22.1 Å². The lowest BCUT2D eigenvalue weighted by atomic mass is 10.2. The van der Waals surface area contributed by atoms with Gasteiger partial charge in [-0.25, -0.2) is 16.8 Å². The molecule has 0 saturated carbocycles. The van der Waals surface area contributed by atoms with Crippen LogP contribution in [-0.2, 0) is 10.0 Å². The predicted molar refractivity (Wildman–Crippen MR) is 92.4 cm³/mol. The maximum absolute atomic E-state index is 13.9. The van der Waals surface area contributed by atoms with Gasteiger partial charge in [-0.05, 0) is 37.3 Å². The van der Waals surface area contributed by atoms with Crippen molar-refractivity contribution < 1.29 is 17.5 Å². The number of hydrogen-bond donors (Lipinski definition) is 1. The summed E-state index contributed by atoms with van der Waals surface area (Å²) in [4.78, 5) is -0.379. The molecule has 0 aliphatic rings. The Kier molecular flexibility index (Phi) is 5.17. The third-order valence-corrected chi connectivity index (χ3v) is 5.07. The first-order valence-electron chi connectivity index (χ1n) is 6.93. The van der Waals surface area contributed by atoms with E-state index in [9.17, 15) is 12.8 Å². The van der Waals surface area contributed by atoms with Crippen LogP contribution in [0.2, 0.25) is 0 Å². The van der Waals surface area contributed by atoms with Gasteiger partial charge in [-0.1, -0.05) is 18.2 Å². The lowest BCUT2D eigenvalue weighted by molar-refractivity contribution is 0.233. The minimum absolute atomic E-state index is 0. The second-order valence-electron chi connectivity index (χ2n) is 5.06. The Morgan fingerprint density at radius 1 is 1.12 bits per heavy atom. The zero-order valence-corrected chi connectivity index (χ0v) is 14.4. The first-order chi connectivity index (χ1) is 10.9. The minimum Gasteiger partial charge on any atom is -0.475 e. The van der Waals surface area contributed by atoms with Crippen molar-refractivity contribution in [3.63, 3.8) is 0 Å². The summed E-state index contributed by atoms with van der Waals surface area (Å²) in [7, 11) is -4.04. The molecule has 0 fully saturated rings. The van der Waals surface area contributed by atoms with E-state index in [2.05, 4.69) is 0 Å². The fourth-order valence-electron chi connectivity index (χ4n) is 2.39. The molecule has 24 heavy (non-hydrogen) atoms. The first kappa shape index (κ1) is 18.3. The lowest BCUT2D eigenvalue weighted by Gasteiger charge is -2.12. The minimum atomic E-state index is -4.04. The van der Waals surface area contributed by atoms with Crippen LogP contribution >= 0.6 is 12.4 Å². The molecule has 1 aromatic heterocycles. The zero-order valence-electron chi connectivity index (χ0n) is 12.7. The van der Waals surface area contributed by atoms with Crippen LogP contribution in [0.1, 0.15) is 6.92 Å². The number of benzene rings is 2. The SMILES string of the molecule is CC(N)Oc1cccc2c1ccn2S(=O)(=O)c1ccccc1F.Cl. The monoisotopic (exact) mass is 370 g/mol. The molecule has 3 rings (SSSR count). The van der Waals surface area contributed by atoms with E-state index in [1.807, 2.05) is 0 Å². The Bertz CT molecular complexity index is 970. The van der Waals surface area contributed by atoms with E-state index in [0.29, 0.717) is 16.7 Å². The highest BCUT2D eigenvalue weighted by Crippen LogP contribution is 2.30. The smallest absolute Gasteiger partial charge is 0.271 e. The number of hydrogen-bond acceptors (Lipinski definition) is 4. The number of ether oxygens (including phenoxy) is 1. The van der Waals surface area contributed by atoms with Crippen molar-refractivity contribution in [2.45, 2.75) is 18.0 Å². The number of fused-ring (bicyclic) bond motifs is 1. The average Bonchev–Trinajstić information content (AvgIpc) is 2.92. The van der Waals surface area contributed by atoms with E-state index in [1.54, 1.807) is 31.2 Å². The summed E-state index contributed by atoms with van der Waals surface area (Å²) < 4.78 is 45.9. The molecule has 5 nitrogen and oxygen atoms in total. The normalized spacial score (nSPS) is 12.6. The summed E-state index contributed by atoms with van der Waals surface area (Å²) in [5.74, 6) is -0.322. The summed E-state index contributed by atoms with van der Waals surface area (Å²) in [6.45, 7) is 1.67. The largest absolute Gasteiger partial charge is 0.475 e. The van der Waals surface area contributed by atoms with Gasteiger partial charge in [-0.3, -0.25) is 5.73 Å². The summed E-state index contributed by atoms with van der Waals surface area (Å²) in [6.07, 6.45) is 0.840. The zero-order chi connectivity index (χ0) is 16.6. The fraction of sp³-hybridized carbons (Fsp3) is 0.125. The maximum atomic E-state index is 13.9. The van der Waals surface area contributed by atoms with Gasteiger partial charge < -0.3 is 4.74 Å². The maximum Gasteiger partial charge on any atom is 0.271 e. The van der Waals surface area contributed by atoms with Crippen LogP contribution in [0.3, 0.4) is 0 Å². The number of nitrogens with zero attached hydrogens (tertiary/aromatic N) is 1. The molecule has 0 saturated heterocycles. The molecule has 0 aliphatic heterocycles. The highest BCUT2D eigenvalue weighted by atomic mass is 35.5. The fourth-order valence-corrected chi connectivity index (χ4v) is 3.80. The summed E-state index contributed by atoms with van der Waals surface area (Å²) >= 11 is 0. The molecule has 1 heterocycles. The molecule has 0 radical (unpaired) electrons. The Hall–Kier alpha value is -2.09. The molecule has 0 amide bonds. The molecule has 8 heteroatoms. The van der Waals surface area contributed by atoms with Gasteiger partial charge in [0.1, 0.15) is 22.7 Å². The van der Waals surface area contributed by atoms with Crippen LogP contribution < -0.4 is 10.5 Å². The first-order valence-corrected chi connectivity index (χ1v) is 8.37. The van der Waals surface area contributed by atoms with Crippen LogP contribution in [0.4, 0.5) is 4.39 Å². The molecular weight excluding hydrogens is 355 g/mol. The van der Waals surface area contributed by atoms with E-state index in [4.69, 9.17) is 10.5 Å². The molecule has 2 N–H and O–H groups in total. The van der Waals surface area contributed by atoms with Gasteiger partial charge in [0.2, 0.25) is 0 Å². The molecule has 3 aromatic rings. The lowest BCUT2D eigenvalue weighted by Crippen LogP contribution is -2.22. The van der Waals surface area contributed by atoms with E-state index in [1.165, 1.54) is 24.4 Å². The predicted octanol–water partition coefficient (Wildman–Crippen LogP) is 3.12. The number of aromatic nitrogens is 1. The van der Waals surface area contributed by atoms with Gasteiger partial charge >= 0.3 is 0 Å². The van der Waals surface area contributed by atoms with Gasteiger partial charge in [0.15, 0.2) is 0 Å². The van der Waals surface area contributed by atoms with Gasteiger partial charge in [0.25, 0.3) is 10.0 Å². The number of nitrogens with two attached hydrogens (primary N) is 1. The van der Waals surface area contributed by atoms with Crippen LogP contribution in [0.25, 0.3) is 10.9 Å². The highest BCUT2D eigenvalue weighted by molar-refractivity contribution is 7.90. The quantitative estimate of drug-likeness (QED) is 0.716. The van der Waals surface area contributed by atoms with E-state index in [0.717, 1.165) is 10.0 Å². The summed E-state index contributed by atoms with van der Waals surface area (Å²) in [5.41, 5.74) is 6.02. The third-order valence-electron chi connectivity index (χ3n) is 3.34. The molecule has 1 unspecified atom stereocenters. The Balaban J connectivity index is 0.00000208. The van der Waals surface area contributed by atoms with Gasteiger partial charge in [0.05, 0.1) is 5.52 Å². The second-order valence-corrected chi connectivity index (χ2v) is 6.84. The topological polar surface area (TPSA) is 74.3 Å². The Morgan fingerprint density at radius 3 is 2.50 bits per heavy atom. The molecule has 0 bridgehead atoms. The van der Waals surface area contributed by atoms with Crippen molar-refractivity contribution >= 4 is 33.3 Å². The Labute approximate surface area is 145 Å². The van der Waals surface area contributed by atoms with Gasteiger partial charge in [0, 0.05) is 11.6 Å². The molecule has 0 aliphatic carbocycles. The average molecular weight is 371 g/mol. The standard InChI is InChI=1S/C16H15FN2O3S.ClH/c1-11(18)22-15-7-4-6-14-12(15)9-10-19(14)23(20,21)16-8-3-2-5-13(16)17;/h2-11H,18H2,1H3;1H. The van der Waals surface area contributed by atoms with Gasteiger partial charge in [-0.15, -0.1) is 12.4 Å². The summed E-state index contributed by atoms with van der Waals surface area (Å²) in [5, 5.41) is 0.588. The summed E-state index contributed by atoms with van der Waals surface area (Å²) in [6, 6.07) is 11.9. The Morgan fingerprint density at radius 2 is 1.83 bits per heavy atom. The van der Waals surface area contributed by atoms with E-state index in [-0.39, 0.29) is 17.3 Å². The van der Waals surface area contributed by atoms with Crippen molar-refractivity contribution in [2.24, 2.45) is 5.73 Å². The van der Waals surface area contributed by atoms with Crippen LogP contribution in [0.5, 0.6) is 5.75 Å². The molecule has 1 atom stereocenters. The molecule has 128 valence electrons.